The molecule has 4 heteroatoms. The van der Waals surface area contributed by atoms with Crippen LogP contribution in [0.1, 0.15) is 12.0 Å². The summed E-state index contributed by atoms with van der Waals surface area (Å²) in [4.78, 5) is 2.35. The summed E-state index contributed by atoms with van der Waals surface area (Å²) in [5.41, 5.74) is 1.88. The Morgan fingerprint density at radius 1 is 1.31 bits per heavy atom. The number of nitriles is 1. The van der Waals surface area contributed by atoms with E-state index in [-0.39, 0.29) is 0 Å². The van der Waals surface area contributed by atoms with Crippen LogP contribution in [0.3, 0.4) is 0 Å². The summed E-state index contributed by atoms with van der Waals surface area (Å²) >= 11 is 3.43. The van der Waals surface area contributed by atoms with Crippen LogP contribution in [0.2, 0.25) is 0 Å². The summed E-state index contributed by atoms with van der Waals surface area (Å²) in [6, 6.07) is 8.09. The fourth-order valence-corrected chi connectivity index (χ4v) is 2.35. The van der Waals surface area contributed by atoms with Crippen molar-refractivity contribution in [3.05, 3.63) is 28.2 Å². The highest BCUT2D eigenvalue weighted by Crippen LogP contribution is 2.24. The number of hydrogen-bond donors (Lipinski definition) is 1. The highest BCUT2D eigenvalue weighted by atomic mass is 79.9. The molecule has 0 saturated carbocycles. The lowest BCUT2D eigenvalue weighted by Gasteiger charge is -2.22. The summed E-state index contributed by atoms with van der Waals surface area (Å²) < 4.78 is 0.879. The van der Waals surface area contributed by atoms with Gasteiger partial charge in [-0.15, -0.1) is 0 Å². The summed E-state index contributed by atoms with van der Waals surface area (Å²) in [5, 5.41) is 12.2. The Morgan fingerprint density at radius 2 is 2.19 bits per heavy atom. The van der Waals surface area contributed by atoms with E-state index >= 15 is 0 Å². The molecule has 0 unspecified atom stereocenters. The second kappa shape index (κ2) is 5.33. The lowest BCUT2D eigenvalue weighted by molar-refractivity contribution is 0.724. The molecule has 3 nitrogen and oxygen atoms in total. The van der Waals surface area contributed by atoms with E-state index in [1.54, 1.807) is 0 Å². The van der Waals surface area contributed by atoms with Crippen molar-refractivity contribution in [2.45, 2.75) is 6.42 Å². The normalized spacial score (nSPS) is 16.6. The van der Waals surface area contributed by atoms with Crippen LogP contribution in [0.25, 0.3) is 0 Å². The van der Waals surface area contributed by atoms with Crippen LogP contribution < -0.4 is 10.2 Å². The van der Waals surface area contributed by atoms with E-state index in [1.165, 1.54) is 5.69 Å². The maximum atomic E-state index is 8.86. The quantitative estimate of drug-likeness (QED) is 0.856. The van der Waals surface area contributed by atoms with E-state index < -0.39 is 0 Å². The van der Waals surface area contributed by atoms with Gasteiger partial charge in [0, 0.05) is 29.8 Å². The molecule has 0 aliphatic carbocycles. The number of benzene rings is 1. The third-order valence-electron chi connectivity index (χ3n) is 2.78. The second-order valence-electron chi connectivity index (χ2n) is 3.87. The largest absolute Gasteiger partial charge is 0.370 e. The molecule has 1 fully saturated rings. The maximum Gasteiger partial charge on any atom is 0.100 e. The van der Waals surface area contributed by atoms with Crippen LogP contribution in [0, 0.1) is 11.3 Å². The van der Waals surface area contributed by atoms with E-state index in [2.05, 4.69) is 32.2 Å². The molecular weight excluding hydrogens is 266 g/mol. The van der Waals surface area contributed by atoms with Crippen molar-refractivity contribution in [3.63, 3.8) is 0 Å². The zero-order chi connectivity index (χ0) is 11.4. The average Bonchev–Trinajstić information content (AvgIpc) is 2.57. The number of halogens is 1. The van der Waals surface area contributed by atoms with Crippen molar-refractivity contribution in [3.8, 4) is 6.07 Å². The van der Waals surface area contributed by atoms with Crippen molar-refractivity contribution in [1.29, 1.82) is 5.26 Å². The van der Waals surface area contributed by atoms with Crippen molar-refractivity contribution in [2.75, 3.05) is 31.1 Å². The van der Waals surface area contributed by atoms with Gasteiger partial charge in [-0.3, -0.25) is 0 Å². The first-order valence-corrected chi connectivity index (χ1v) is 6.26. The number of nitrogens with zero attached hydrogens (tertiary/aromatic N) is 2. The molecule has 2 rings (SSSR count). The highest BCUT2D eigenvalue weighted by Gasteiger charge is 2.10. The van der Waals surface area contributed by atoms with E-state index in [0.29, 0.717) is 5.56 Å². The predicted octanol–water partition coefficient (Wildman–Crippen LogP) is 2.12. The monoisotopic (exact) mass is 279 g/mol. The number of rotatable bonds is 1. The first-order valence-electron chi connectivity index (χ1n) is 5.46. The minimum absolute atomic E-state index is 0.691. The average molecular weight is 280 g/mol. The van der Waals surface area contributed by atoms with Crippen LogP contribution in [-0.4, -0.2) is 26.2 Å². The van der Waals surface area contributed by atoms with Crippen molar-refractivity contribution < 1.29 is 0 Å². The molecule has 0 amide bonds. The molecule has 0 radical (unpaired) electrons. The zero-order valence-corrected chi connectivity index (χ0v) is 10.6. The third-order valence-corrected chi connectivity index (χ3v) is 3.43. The Bertz CT molecular complexity index is 403. The first kappa shape index (κ1) is 11.4. The van der Waals surface area contributed by atoms with E-state index in [1.807, 2.05) is 18.2 Å². The standard InChI is InChI=1S/C12H14BrN3/c13-12-8-11(3-2-10(12)9-14)16-6-1-4-15-5-7-16/h2-3,8,15H,1,4-7H2. The highest BCUT2D eigenvalue weighted by molar-refractivity contribution is 9.10. The molecule has 16 heavy (non-hydrogen) atoms. The van der Waals surface area contributed by atoms with E-state index in [0.717, 1.165) is 37.1 Å². The SMILES string of the molecule is N#Cc1ccc(N2CCCNCC2)cc1Br. The Balaban J connectivity index is 2.20. The van der Waals surface area contributed by atoms with Crippen LogP contribution in [-0.2, 0) is 0 Å². The smallest absolute Gasteiger partial charge is 0.100 e. The molecular formula is C12H14BrN3. The fraction of sp³-hybridized carbons (Fsp3) is 0.417. The lowest BCUT2D eigenvalue weighted by Crippen LogP contribution is -2.27. The van der Waals surface area contributed by atoms with Gasteiger partial charge in [0.2, 0.25) is 0 Å². The Hall–Kier alpha value is -1.05. The molecule has 0 spiro atoms. The molecule has 1 aliphatic heterocycles. The van der Waals surface area contributed by atoms with Gasteiger partial charge in [0.25, 0.3) is 0 Å². The molecule has 1 N–H and O–H groups in total. The van der Waals surface area contributed by atoms with Gasteiger partial charge in [0.1, 0.15) is 6.07 Å². The molecule has 1 aliphatic rings. The third kappa shape index (κ3) is 2.55. The molecule has 1 saturated heterocycles. The topological polar surface area (TPSA) is 39.1 Å². The van der Waals surface area contributed by atoms with Gasteiger partial charge in [0.05, 0.1) is 5.56 Å². The zero-order valence-electron chi connectivity index (χ0n) is 9.04. The summed E-state index contributed by atoms with van der Waals surface area (Å²) in [5.74, 6) is 0. The van der Waals surface area contributed by atoms with Gasteiger partial charge in [0.15, 0.2) is 0 Å². The second-order valence-corrected chi connectivity index (χ2v) is 4.72. The van der Waals surface area contributed by atoms with Crippen molar-refractivity contribution in [1.82, 2.24) is 5.32 Å². The summed E-state index contributed by atoms with van der Waals surface area (Å²) in [6.45, 7) is 4.22. The van der Waals surface area contributed by atoms with Crippen LogP contribution >= 0.6 is 15.9 Å². The number of hydrogen-bond acceptors (Lipinski definition) is 3. The van der Waals surface area contributed by atoms with Crippen molar-refractivity contribution in [2.24, 2.45) is 0 Å². The molecule has 0 bridgehead atoms. The molecule has 1 aromatic carbocycles. The summed E-state index contributed by atoms with van der Waals surface area (Å²) in [7, 11) is 0. The van der Waals surface area contributed by atoms with Gasteiger partial charge < -0.3 is 10.2 Å². The molecule has 0 aromatic heterocycles. The minimum Gasteiger partial charge on any atom is -0.370 e. The Kier molecular flexibility index (Phi) is 3.81. The van der Waals surface area contributed by atoms with E-state index in [4.69, 9.17) is 5.26 Å². The fourth-order valence-electron chi connectivity index (χ4n) is 1.90. The summed E-state index contributed by atoms with van der Waals surface area (Å²) in [6.07, 6.45) is 1.16. The molecule has 1 aromatic rings. The molecule has 0 atom stereocenters. The van der Waals surface area contributed by atoms with Gasteiger partial charge in [-0.25, -0.2) is 0 Å². The maximum absolute atomic E-state index is 8.86. The van der Waals surface area contributed by atoms with Gasteiger partial charge >= 0.3 is 0 Å². The minimum atomic E-state index is 0.691. The first-order chi connectivity index (χ1) is 7.81. The Morgan fingerprint density at radius 3 is 2.94 bits per heavy atom. The number of nitrogens with one attached hydrogen (secondary N) is 1. The Labute approximate surface area is 104 Å². The van der Waals surface area contributed by atoms with E-state index in [9.17, 15) is 0 Å². The van der Waals surface area contributed by atoms with Gasteiger partial charge in [-0.2, -0.15) is 5.26 Å². The lowest BCUT2D eigenvalue weighted by atomic mass is 10.2. The van der Waals surface area contributed by atoms with Gasteiger partial charge in [-0.1, -0.05) is 0 Å². The predicted molar refractivity (Wildman–Crippen MR) is 68.6 cm³/mol. The number of anilines is 1. The van der Waals surface area contributed by atoms with Crippen LogP contribution in [0.4, 0.5) is 5.69 Å². The molecule has 1 heterocycles. The van der Waals surface area contributed by atoms with Crippen LogP contribution in [0.5, 0.6) is 0 Å². The van der Waals surface area contributed by atoms with Gasteiger partial charge in [-0.05, 0) is 47.1 Å². The molecule has 84 valence electrons. The van der Waals surface area contributed by atoms with Crippen LogP contribution in [0.15, 0.2) is 22.7 Å². The van der Waals surface area contributed by atoms with Crippen molar-refractivity contribution >= 4 is 21.6 Å².